The molecule has 0 aliphatic rings. The average Bonchev–Trinajstić information content (AvgIpc) is 2.50. The van der Waals surface area contributed by atoms with Gasteiger partial charge in [-0.25, -0.2) is 0 Å². The molecular weight excluding hydrogens is 306 g/mol. The van der Waals surface area contributed by atoms with Crippen molar-refractivity contribution in [3.63, 3.8) is 0 Å². The van der Waals surface area contributed by atoms with E-state index in [1.54, 1.807) is 33.5 Å². The zero-order valence-corrected chi connectivity index (χ0v) is 14.8. The Bertz CT molecular complexity index is 429. The van der Waals surface area contributed by atoms with Crippen molar-refractivity contribution in [1.29, 1.82) is 0 Å². The summed E-state index contributed by atoms with van der Waals surface area (Å²) in [4.78, 5) is 0. The second-order valence-corrected chi connectivity index (χ2v) is 5.51. The van der Waals surface area contributed by atoms with Gasteiger partial charge in [-0.15, -0.1) is 12.4 Å². The summed E-state index contributed by atoms with van der Waals surface area (Å²) in [5, 5.41) is 10.3. The lowest BCUT2D eigenvalue weighted by molar-refractivity contribution is 0.125. The highest BCUT2D eigenvalue weighted by Crippen LogP contribution is 2.39. The van der Waals surface area contributed by atoms with Crippen LogP contribution in [0.15, 0.2) is 12.1 Å². The average molecular weight is 334 g/mol. The summed E-state index contributed by atoms with van der Waals surface area (Å²) in [5.41, 5.74) is 6.88. The summed E-state index contributed by atoms with van der Waals surface area (Å²) >= 11 is 0. The Labute approximate surface area is 139 Å². The minimum Gasteiger partial charge on any atom is -0.496 e. The van der Waals surface area contributed by atoms with E-state index in [1.807, 2.05) is 0 Å². The molecule has 0 saturated carbocycles. The van der Waals surface area contributed by atoms with Crippen LogP contribution in [-0.2, 0) is 0 Å². The third-order valence-electron chi connectivity index (χ3n) is 3.54. The Morgan fingerprint density at radius 3 is 1.86 bits per heavy atom. The molecule has 0 spiro atoms. The first-order chi connectivity index (χ1) is 9.94. The number of aliphatic hydroxyl groups excluding tert-OH is 1. The normalized spacial score (nSPS) is 13.3. The number of hydrogen-bond donors (Lipinski definition) is 2. The van der Waals surface area contributed by atoms with Crippen LogP contribution in [0.3, 0.4) is 0 Å². The van der Waals surface area contributed by atoms with Crippen LogP contribution in [0, 0.1) is 5.92 Å². The van der Waals surface area contributed by atoms with Crippen LogP contribution in [0.5, 0.6) is 17.2 Å². The fraction of sp³-hybridized carbons (Fsp3) is 0.625. The van der Waals surface area contributed by atoms with Gasteiger partial charge in [-0.3, -0.25) is 0 Å². The number of halogens is 1. The summed E-state index contributed by atoms with van der Waals surface area (Å²) in [6, 6.07) is 2.92. The van der Waals surface area contributed by atoms with Crippen LogP contribution in [-0.4, -0.2) is 32.5 Å². The maximum atomic E-state index is 10.3. The van der Waals surface area contributed by atoms with Crippen molar-refractivity contribution in [3.05, 3.63) is 17.7 Å². The molecule has 1 rings (SSSR count). The van der Waals surface area contributed by atoms with Crippen LogP contribution < -0.4 is 19.9 Å². The number of aliphatic hydroxyl groups is 1. The Morgan fingerprint density at radius 1 is 1.00 bits per heavy atom. The second kappa shape index (κ2) is 9.77. The Kier molecular flexibility index (Phi) is 9.25. The molecule has 0 aliphatic heterocycles. The van der Waals surface area contributed by atoms with Gasteiger partial charge in [-0.1, -0.05) is 13.8 Å². The molecule has 22 heavy (non-hydrogen) atoms. The maximum Gasteiger partial charge on any atom is 0.131 e. The monoisotopic (exact) mass is 333 g/mol. The van der Waals surface area contributed by atoms with E-state index in [0.29, 0.717) is 35.2 Å². The van der Waals surface area contributed by atoms with Gasteiger partial charge in [0.15, 0.2) is 0 Å². The summed E-state index contributed by atoms with van der Waals surface area (Å²) in [7, 11) is 4.70. The first-order valence-corrected chi connectivity index (χ1v) is 7.18. The van der Waals surface area contributed by atoms with Crippen molar-refractivity contribution in [2.24, 2.45) is 11.7 Å². The number of hydrogen-bond acceptors (Lipinski definition) is 5. The van der Waals surface area contributed by atoms with E-state index in [2.05, 4.69) is 13.8 Å². The molecule has 5 nitrogen and oxygen atoms in total. The van der Waals surface area contributed by atoms with E-state index in [9.17, 15) is 5.11 Å². The molecule has 128 valence electrons. The van der Waals surface area contributed by atoms with E-state index in [4.69, 9.17) is 19.9 Å². The Balaban J connectivity index is 0.00000441. The predicted octanol–water partition coefficient (Wildman–Crippen LogP) is 2.93. The lowest BCUT2D eigenvalue weighted by Crippen LogP contribution is -2.27. The van der Waals surface area contributed by atoms with Gasteiger partial charge in [-0.05, 0) is 18.8 Å². The van der Waals surface area contributed by atoms with Gasteiger partial charge in [-0.2, -0.15) is 0 Å². The van der Waals surface area contributed by atoms with Crippen molar-refractivity contribution >= 4 is 12.4 Å². The number of ether oxygens (including phenoxy) is 3. The molecule has 0 heterocycles. The van der Waals surface area contributed by atoms with Crippen LogP contribution >= 0.6 is 12.4 Å². The summed E-state index contributed by atoms with van der Waals surface area (Å²) in [5.74, 6) is 2.26. The van der Waals surface area contributed by atoms with Gasteiger partial charge in [0.25, 0.3) is 0 Å². The third-order valence-corrected chi connectivity index (χ3v) is 3.54. The fourth-order valence-electron chi connectivity index (χ4n) is 2.24. The highest BCUT2D eigenvalue weighted by molar-refractivity contribution is 5.85. The first kappa shape index (κ1) is 20.8. The van der Waals surface area contributed by atoms with Crippen LogP contribution in [0.2, 0.25) is 0 Å². The van der Waals surface area contributed by atoms with Gasteiger partial charge >= 0.3 is 0 Å². The van der Waals surface area contributed by atoms with Crippen molar-refractivity contribution in [2.45, 2.75) is 38.8 Å². The molecule has 2 atom stereocenters. The minimum absolute atomic E-state index is 0. The van der Waals surface area contributed by atoms with Gasteiger partial charge in [0.05, 0.1) is 39.0 Å². The lowest BCUT2D eigenvalue weighted by Gasteiger charge is -2.24. The summed E-state index contributed by atoms with van der Waals surface area (Å²) < 4.78 is 16.0. The lowest BCUT2D eigenvalue weighted by atomic mass is 9.94. The largest absolute Gasteiger partial charge is 0.496 e. The maximum absolute atomic E-state index is 10.3. The minimum atomic E-state index is -0.649. The van der Waals surface area contributed by atoms with Crippen molar-refractivity contribution in [1.82, 2.24) is 0 Å². The van der Waals surface area contributed by atoms with Crippen molar-refractivity contribution in [2.75, 3.05) is 21.3 Å². The topological polar surface area (TPSA) is 73.9 Å². The molecule has 0 radical (unpaired) electrons. The molecule has 0 aliphatic carbocycles. The van der Waals surface area contributed by atoms with Crippen LogP contribution in [0.4, 0.5) is 0 Å². The zero-order valence-electron chi connectivity index (χ0n) is 14.0. The summed E-state index contributed by atoms with van der Waals surface area (Å²) in [6.45, 7) is 4.24. The third kappa shape index (κ3) is 5.23. The van der Waals surface area contributed by atoms with Gasteiger partial charge < -0.3 is 25.1 Å². The number of rotatable bonds is 8. The molecule has 1 aromatic carbocycles. The van der Waals surface area contributed by atoms with Gasteiger partial charge in [0, 0.05) is 12.1 Å². The quantitative estimate of drug-likeness (QED) is 0.765. The molecule has 0 fully saturated rings. The second-order valence-electron chi connectivity index (χ2n) is 5.51. The van der Waals surface area contributed by atoms with E-state index >= 15 is 0 Å². The van der Waals surface area contributed by atoms with E-state index < -0.39 is 12.1 Å². The molecule has 0 saturated heterocycles. The Hall–Kier alpha value is -1.17. The van der Waals surface area contributed by atoms with Crippen molar-refractivity contribution < 1.29 is 19.3 Å². The number of nitrogens with two attached hydrogens (primary N) is 1. The Morgan fingerprint density at radius 2 is 1.50 bits per heavy atom. The molecule has 0 amide bonds. The van der Waals surface area contributed by atoms with Gasteiger partial charge in [0.1, 0.15) is 17.2 Å². The van der Waals surface area contributed by atoms with E-state index in [0.717, 1.165) is 6.42 Å². The standard InChI is InChI=1S/C16H27NO4.ClH/c1-10(2)6-7-12(18)16(17)15-13(20-4)8-11(19-3)9-14(15)21-5;/h8-10,12,16,18H,6-7,17H2,1-5H3;1H/t12-,16-;/m1./s1. The van der Waals surface area contributed by atoms with E-state index in [-0.39, 0.29) is 12.4 Å². The summed E-state index contributed by atoms with van der Waals surface area (Å²) in [6.07, 6.45) is 0.899. The smallest absolute Gasteiger partial charge is 0.131 e. The number of methoxy groups -OCH3 is 3. The SMILES string of the molecule is COc1cc(OC)c([C@H](N)[C@H](O)CCC(C)C)c(OC)c1.Cl. The molecule has 0 unspecified atom stereocenters. The predicted molar refractivity (Wildman–Crippen MR) is 90.4 cm³/mol. The van der Waals surface area contributed by atoms with E-state index in [1.165, 1.54) is 0 Å². The highest BCUT2D eigenvalue weighted by Gasteiger charge is 2.25. The first-order valence-electron chi connectivity index (χ1n) is 7.18. The molecule has 0 bridgehead atoms. The van der Waals surface area contributed by atoms with Crippen LogP contribution in [0.25, 0.3) is 0 Å². The molecule has 0 aromatic heterocycles. The van der Waals surface area contributed by atoms with Gasteiger partial charge in [0.2, 0.25) is 0 Å². The molecule has 1 aromatic rings. The van der Waals surface area contributed by atoms with Crippen molar-refractivity contribution in [3.8, 4) is 17.2 Å². The highest BCUT2D eigenvalue weighted by atomic mass is 35.5. The number of benzene rings is 1. The molecular formula is C16H28ClNO4. The fourth-order valence-corrected chi connectivity index (χ4v) is 2.24. The molecule has 3 N–H and O–H groups in total. The zero-order chi connectivity index (χ0) is 16.0. The molecule has 6 heteroatoms. The van der Waals surface area contributed by atoms with Crippen LogP contribution in [0.1, 0.15) is 38.3 Å².